The third kappa shape index (κ3) is 6.00. The van der Waals surface area contributed by atoms with Gasteiger partial charge in [0, 0.05) is 37.9 Å². The van der Waals surface area contributed by atoms with Crippen LogP contribution in [0.15, 0.2) is 42.7 Å². The van der Waals surface area contributed by atoms with Crippen LogP contribution in [-0.4, -0.2) is 47.8 Å². The van der Waals surface area contributed by atoms with Gasteiger partial charge in [0.15, 0.2) is 0 Å². The summed E-state index contributed by atoms with van der Waals surface area (Å²) in [6.07, 6.45) is 3.88. The number of rotatable bonds is 7. The number of carbonyl (C=O) groups excluding carboxylic acids is 1. The minimum Gasteiger partial charge on any atom is -0.465 e. The Bertz CT molecular complexity index is 854. The summed E-state index contributed by atoms with van der Waals surface area (Å²) in [5, 5.41) is 15.3. The second-order valence-corrected chi connectivity index (χ2v) is 8.11. The third-order valence-corrected chi connectivity index (χ3v) is 5.73. The summed E-state index contributed by atoms with van der Waals surface area (Å²) in [5.74, 6) is -0.210. The fourth-order valence-electron chi connectivity index (χ4n) is 3.67. The Hall–Kier alpha value is -2.51. The highest BCUT2D eigenvalue weighted by atomic mass is 35.5. The van der Waals surface area contributed by atoms with Gasteiger partial charge in [0.1, 0.15) is 0 Å². The first-order valence-corrected chi connectivity index (χ1v) is 10.5. The Kier molecular flexibility index (Phi) is 7.76. The van der Waals surface area contributed by atoms with E-state index >= 15 is 0 Å². The SMILES string of the molecule is O=C(O)NCC(Cc1ccccc1)NC(=O)C1CCN(c2c(Cl)cncc2Cl)CC1. The summed E-state index contributed by atoms with van der Waals surface area (Å²) in [4.78, 5) is 29.8. The molecule has 3 N–H and O–H groups in total. The Morgan fingerprint density at radius 1 is 1.13 bits per heavy atom. The number of carbonyl (C=O) groups is 2. The van der Waals surface area contributed by atoms with Crippen LogP contribution in [0.4, 0.5) is 10.5 Å². The van der Waals surface area contributed by atoms with Gasteiger partial charge < -0.3 is 20.6 Å². The van der Waals surface area contributed by atoms with Crippen LogP contribution in [0.3, 0.4) is 0 Å². The average molecular weight is 451 g/mol. The number of piperidine rings is 1. The zero-order valence-corrected chi connectivity index (χ0v) is 17.9. The number of halogens is 2. The maximum atomic E-state index is 12.9. The van der Waals surface area contributed by atoms with Crippen LogP contribution in [-0.2, 0) is 11.2 Å². The minimum absolute atomic E-state index is 0.0605. The molecule has 1 atom stereocenters. The van der Waals surface area contributed by atoms with Crippen LogP contribution in [0.5, 0.6) is 0 Å². The highest BCUT2D eigenvalue weighted by Gasteiger charge is 2.28. The largest absolute Gasteiger partial charge is 0.465 e. The molecule has 2 amide bonds. The number of pyridine rings is 1. The van der Waals surface area contributed by atoms with Crippen molar-refractivity contribution in [3.8, 4) is 0 Å². The molecule has 9 heteroatoms. The first kappa shape index (κ1) is 22.2. The van der Waals surface area contributed by atoms with Gasteiger partial charge in [0.25, 0.3) is 0 Å². The van der Waals surface area contributed by atoms with Crippen molar-refractivity contribution in [2.24, 2.45) is 5.92 Å². The van der Waals surface area contributed by atoms with E-state index in [9.17, 15) is 9.59 Å². The molecule has 30 heavy (non-hydrogen) atoms. The summed E-state index contributed by atoms with van der Waals surface area (Å²) >= 11 is 12.5. The summed E-state index contributed by atoms with van der Waals surface area (Å²) in [6, 6.07) is 9.36. The van der Waals surface area contributed by atoms with Crippen molar-refractivity contribution in [2.75, 3.05) is 24.5 Å². The van der Waals surface area contributed by atoms with Gasteiger partial charge in [-0.05, 0) is 24.8 Å². The van der Waals surface area contributed by atoms with E-state index in [1.54, 1.807) is 12.4 Å². The molecule has 160 valence electrons. The van der Waals surface area contributed by atoms with E-state index < -0.39 is 6.09 Å². The molecule has 0 aliphatic carbocycles. The van der Waals surface area contributed by atoms with Crippen molar-refractivity contribution in [3.05, 3.63) is 58.3 Å². The molecule has 1 aromatic carbocycles. The molecular weight excluding hydrogens is 427 g/mol. The zero-order valence-electron chi connectivity index (χ0n) is 16.4. The van der Waals surface area contributed by atoms with Gasteiger partial charge in [-0.2, -0.15) is 0 Å². The Labute approximate surface area is 185 Å². The van der Waals surface area contributed by atoms with Crippen molar-refractivity contribution in [2.45, 2.75) is 25.3 Å². The molecule has 0 bridgehead atoms. The number of nitrogens with one attached hydrogen (secondary N) is 2. The molecule has 2 aromatic rings. The number of amides is 2. The first-order chi connectivity index (χ1) is 14.4. The van der Waals surface area contributed by atoms with Crippen molar-refractivity contribution in [1.29, 1.82) is 0 Å². The fourth-order valence-corrected chi connectivity index (χ4v) is 4.28. The number of hydrogen-bond acceptors (Lipinski definition) is 4. The average Bonchev–Trinajstić information content (AvgIpc) is 2.73. The fraction of sp³-hybridized carbons (Fsp3) is 0.381. The van der Waals surface area contributed by atoms with Crippen LogP contribution >= 0.6 is 23.2 Å². The molecular formula is C21H24Cl2N4O3. The predicted molar refractivity (Wildman–Crippen MR) is 117 cm³/mol. The minimum atomic E-state index is -1.11. The number of aromatic nitrogens is 1. The van der Waals surface area contributed by atoms with Crippen LogP contribution in [0.25, 0.3) is 0 Å². The molecule has 3 rings (SSSR count). The summed E-state index contributed by atoms with van der Waals surface area (Å²) < 4.78 is 0. The topological polar surface area (TPSA) is 94.6 Å². The van der Waals surface area contributed by atoms with E-state index in [2.05, 4.69) is 20.5 Å². The first-order valence-electron chi connectivity index (χ1n) is 9.79. The number of benzene rings is 1. The van der Waals surface area contributed by atoms with Gasteiger partial charge in [-0.15, -0.1) is 0 Å². The van der Waals surface area contributed by atoms with Crippen LogP contribution in [0.1, 0.15) is 18.4 Å². The molecule has 0 spiro atoms. The molecule has 1 aliphatic rings. The van der Waals surface area contributed by atoms with Crippen LogP contribution in [0.2, 0.25) is 10.0 Å². The van der Waals surface area contributed by atoms with E-state index in [0.29, 0.717) is 42.4 Å². The summed E-state index contributed by atoms with van der Waals surface area (Å²) in [7, 11) is 0. The van der Waals surface area contributed by atoms with Crippen molar-refractivity contribution < 1.29 is 14.7 Å². The molecule has 0 saturated carbocycles. The molecule has 1 fully saturated rings. The molecule has 0 radical (unpaired) electrons. The smallest absolute Gasteiger partial charge is 0.404 e. The molecule has 2 heterocycles. The monoisotopic (exact) mass is 450 g/mol. The lowest BCUT2D eigenvalue weighted by molar-refractivity contribution is -0.126. The molecule has 1 aromatic heterocycles. The maximum Gasteiger partial charge on any atom is 0.404 e. The highest BCUT2D eigenvalue weighted by molar-refractivity contribution is 6.38. The van der Waals surface area contributed by atoms with Crippen molar-refractivity contribution in [3.63, 3.8) is 0 Å². The quantitative estimate of drug-likeness (QED) is 0.598. The van der Waals surface area contributed by atoms with E-state index in [1.165, 1.54) is 0 Å². The van der Waals surface area contributed by atoms with Gasteiger partial charge >= 0.3 is 6.09 Å². The standard InChI is InChI=1S/C21H24Cl2N4O3/c22-17-12-24-13-18(23)19(17)27-8-6-15(7-9-27)20(28)26-16(11-25-21(29)30)10-14-4-2-1-3-5-14/h1-5,12-13,15-16,25H,6-11H2,(H,26,28)(H,29,30). The second kappa shape index (κ2) is 10.5. The molecule has 1 unspecified atom stereocenters. The highest BCUT2D eigenvalue weighted by Crippen LogP contribution is 2.35. The van der Waals surface area contributed by atoms with E-state index in [4.69, 9.17) is 28.3 Å². The number of anilines is 1. The Morgan fingerprint density at radius 3 is 2.37 bits per heavy atom. The lowest BCUT2D eigenvalue weighted by atomic mass is 9.94. The summed E-state index contributed by atoms with van der Waals surface area (Å²) in [5.41, 5.74) is 1.78. The van der Waals surface area contributed by atoms with Crippen LogP contribution < -0.4 is 15.5 Å². The molecule has 1 aliphatic heterocycles. The van der Waals surface area contributed by atoms with Gasteiger partial charge in [-0.25, -0.2) is 4.79 Å². The van der Waals surface area contributed by atoms with Gasteiger partial charge in [0.05, 0.1) is 21.8 Å². The number of hydrogen-bond donors (Lipinski definition) is 3. The zero-order chi connectivity index (χ0) is 21.5. The van der Waals surface area contributed by atoms with Gasteiger partial charge in [0.2, 0.25) is 5.91 Å². The third-order valence-electron chi connectivity index (χ3n) is 5.18. The van der Waals surface area contributed by atoms with E-state index in [-0.39, 0.29) is 24.4 Å². The van der Waals surface area contributed by atoms with Crippen molar-refractivity contribution >= 4 is 40.9 Å². The summed E-state index contributed by atoms with van der Waals surface area (Å²) in [6.45, 7) is 1.45. The van der Waals surface area contributed by atoms with Gasteiger partial charge in [-0.1, -0.05) is 53.5 Å². The lowest BCUT2D eigenvalue weighted by Gasteiger charge is -2.34. The van der Waals surface area contributed by atoms with E-state index in [1.807, 2.05) is 30.3 Å². The second-order valence-electron chi connectivity index (χ2n) is 7.29. The maximum absolute atomic E-state index is 12.9. The van der Waals surface area contributed by atoms with Gasteiger partial charge in [-0.3, -0.25) is 9.78 Å². The number of nitrogens with zero attached hydrogens (tertiary/aromatic N) is 2. The molecule has 7 nitrogen and oxygen atoms in total. The van der Waals surface area contributed by atoms with Crippen molar-refractivity contribution in [1.82, 2.24) is 15.6 Å². The molecule has 1 saturated heterocycles. The van der Waals surface area contributed by atoms with Crippen LogP contribution in [0, 0.1) is 5.92 Å². The predicted octanol–water partition coefficient (Wildman–Crippen LogP) is 3.60. The Balaban J connectivity index is 1.58. The normalized spacial score (nSPS) is 15.5. The Morgan fingerprint density at radius 2 is 1.77 bits per heavy atom. The number of carboxylic acid groups (broad SMARTS) is 1. The lowest BCUT2D eigenvalue weighted by Crippen LogP contribution is -2.48. The van der Waals surface area contributed by atoms with E-state index in [0.717, 1.165) is 11.3 Å².